The van der Waals surface area contributed by atoms with Crippen LogP contribution in [0.25, 0.3) is 0 Å². The molecule has 2 aromatic heterocycles. The van der Waals surface area contributed by atoms with Gasteiger partial charge in [-0.3, -0.25) is 4.68 Å². The largest absolute Gasteiger partial charge is 0.304 e. The van der Waals surface area contributed by atoms with Crippen molar-refractivity contribution in [1.82, 2.24) is 20.1 Å². The van der Waals surface area contributed by atoms with Gasteiger partial charge in [0.05, 0.1) is 22.9 Å². The topological polar surface area (TPSA) is 42.7 Å². The van der Waals surface area contributed by atoms with Crippen LogP contribution in [0.5, 0.6) is 0 Å². The van der Waals surface area contributed by atoms with Crippen LogP contribution in [0.1, 0.15) is 30.8 Å². The number of nitrogens with zero attached hydrogens (tertiary/aromatic N) is 3. The van der Waals surface area contributed by atoms with E-state index in [0.717, 1.165) is 24.4 Å². The molecule has 0 aliphatic heterocycles. The molecule has 2 rings (SSSR count). The third-order valence-electron chi connectivity index (χ3n) is 2.50. The van der Waals surface area contributed by atoms with Crippen molar-refractivity contribution in [3.05, 3.63) is 34.5 Å². The molecule has 0 aliphatic rings. The summed E-state index contributed by atoms with van der Waals surface area (Å²) in [5.74, 6) is 0. The van der Waals surface area contributed by atoms with E-state index in [1.165, 1.54) is 0 Å². The van der Waals surface area contributed by atoms with E-state index < -0.39 is 0 Å². The Morgan fingerprint density at radius 3 is 3.00 bits per heavy atom. The van der Waals surface area contributed by atoms with Gasteiger partial charge in [-0.2, -0.15) is 5.10 Å². The van der Waals surface area contributed by atoms with Crippen molar-refractivity contribution in [3.63, 3.8) is 0 Å². The molecule has 0 amide bonds. The van der Waals surface area contributed by atoms with E-state index in [2.05, 4.69) is 27.7 Å². The van der Waals surface area contributed by atoms with Gasteiger partial charge in [-0.05, 0) is 19.0 Å². The minimum atomic E-state index is 0.152. The molecule has 2 aromatic rings. The fourth-order valence-corrected chi connectivity index (χ4v) is 2.26. The van der Waals surface area contributed by atoms with E-state index in [0.29, 0.717) is 0 Å². The number of thiazole rings is 1. The van der Waals surface area contributed by atoms with Crippen molar-refractivity contribution in [3.8, 4) is 0 Å². The van der Waals surface area contributed by atoms with Crippen LogP contribution in [-0.4, -0.2) is 21.3 Å². The number of nitrogens with one attached hydrogen (secondary N) is 1. The summed E-state index contributed by atoms with van der Waals surface area (Å²) in [6.45, 7) is 3.14. The molecule has 4 nitrogen and oxygen atoms in total. The van der Waals surface area contributed by atoms with Gasteiger partial charge in [-0.25, -0.2) is 4.98 Å². The lowest BCUT2D eigenvalue weighted by atomic mass is 10.1. The molecule has 1 atom stereocenters. The maximum Gasteiger partial charge on any atom is 0.0930 e. The minimum absolute atomic E-state index is 0.152. The number of aryl methyl sites for hydroxylation is 1. The maximum atomic E-state index is 4.38. The molecule has 2 heterocycles. The van der Waals surface area contributed by atoms with E-state index in [4.69, 9.17) is 0 Å². The molecule has 0 aromatic carbocycles. The Morgan fingerprint density at radius 2 is 2.44 bits per heavy atom. The van der Waals surface area contributed by atoms with E-state index in [1.807, 2.05) is 29.5 Å². The molecule has 1 unspecified atom stereocenters. The molecular weight excluding hydrogens is 220 g/mol. The average molecular weight is 236 g/mol. The van der Waals surface area contributed by atoms with E-state index in [1.54, 1.807) is 11.3 Å². The molecule has 5 heteroatoms. The van der Waals surface area contributed by atoms with Crippen LogP contribution in [-0.2, 0) is 7.05 Å². The summed E-state index contributed by atoms with van der Waals surface area (Å²) in [6.07, 6.45) is 2.93. The molecule has 0 aliphatic carbocycles. The molecule has 0 spiro atoms. The van der Waals surface area contributed by atoms with E-state index in [-0.39, 0.29) is 6.04 Å². The highest BCUT2D eigenvalue weighted by Crippen LogP contribution is 2.20. The highest BCUT2D eigenvalue weighted by Gasteiger charge is 2.17. The Bertz CT molecular complexity index is 421. The van der Waals surface area contributed by atoms with Crippen molar-refractivity contribution < 1.29 is 0 Å². The second-order valence-electron chi connectivity index (χ2n) is 3.68. The molecular formula is C11H16N4S. The first kappa shape index (κ1) is 11.3. The second-order valence-corrected chi connectivity index (χ2v) is 4.40. The monoisotopic (exact) mass is 236 g/mol. The third kappa shape index (κ3) is 2.31. The van der Waals surface area contributed by atoms with Crippen molar-refractivity contribution in [2.45, 2.75) is 19.4 Å². The zero-order chi connectivity index (χ0) is 11.4. The van der Waals surface area contributed by atoms with Crippen LogP contribution in [0, 0.1) is 0 Å². The number of aromatic nitrogens is 3. The highest BCUT2D eigenvalue weighted by atomic mass is 32.1. The van der Waals surface area contributed by atoms with Gasteiger partial charge in [-0.15, -0.1) is 11.3 Å². The third-order valence-corrected chi connectivity index (χ3v) is 3.10. The Kier molecular flexibility index (Phi) is 3.69. The Labute approximate surface area is 99.3 Å². The van der Waals surface area contributed by atoms with Gasteiger partial charge in [0.15, 0.2) is 0 Å². The first-order valence-corrected chi connectivity index (χ1v) is 6.36. The molecule has 0 saturated heterocycles. The highest BCUT2D eigenvalue weighted by molar-refractivity contribution is 7.07. The van der Waals surface area contributed by atoms with Gasteiger partial charge in [0.25, 0.3) is 0 Å². The van der Waals surface area contributed by atoms with Gasteiger partial charge in [0.1, 0.15) is 0 Å². The van der Waals surface area contributed by atoms with E-state index in [9.17, 15) is 0 Å². The van der Waals surface area contributed by atoms with Gasteiger partial charge in [0, 0.05) is 18.6 Å². The predicted molar refractivity (Wildman–Crippen MR) is 65.5 cm³/mol. The van der Waals surface area contributed by atoms with Crippen molar-refractivity contribution in [2.24, 2.45) is 7.05 Å². The van der Waals surface area contributed by atoms with Crippen LogP contribution < -0.4 is 5.32 Å². The Morgan fingerprint density at radius 1 is 1.56 bits per heavy atom. The summed E-state index contributed by atoms with van der Waals surface area (Å²) in [5.41, 5.74) is 4.09. The summed E-state index contributed by atoms with van der Waals surface area (Å²) < 4.78 is 1.90. The average Bonchev–Trinajstić information content (AvgIpc) is 2.91. The summed E-state index contributed by atoms with van der Waals surface area (Å²) in [6, 6.07) is 2.19. The summed E-state index contributed by atoms with van der Waals surface area (Å²) in [4.78, 5) is 4.38. The second kappa shape index (κ2) is 5.23. The standard InChI is InChI=1S/C11H16N4S/c1-3-5-12-11(9-7-16-8-13-9)10-4-6-14-15(10)2/h4,6-8,11-12H,3,5H2,1-2H3. The zero-order valence-corrected chi connectivity index (χ0v) is 10.4. The van der Waals surface area contributed by atoms with Crippen molar-refractivity contribution in [2.75, 3.05) is 6.54 Å². The fraction of sp³-hybridized carbons (Fsp3) is 0.455. The van der Waals surface area contributed by atoms with Gasteiger partial charge < -0.3 is 5.32 Å². The smallest absolute Gasteiger partial charge is 0.0930 e. The van der Waals surface area contributed by atoms with Gasteiger partial charge in [0.2, 0.25) is 0 Å². The summed E-state index contributed by atoms with van der Waals surface area (Å²) in [5, 5.41) is 9.79. The summed E-state index contributed by atoms with van der Waals surface area (Å²) >= 11 is 1.62. The lowest BCUT2D eigenvalue weighted by Crippen LogP contribution is -2.25. The molecule has 0 fully saturated rings. The molecule has 86 valence electrons. The quantitative estimate of drug-likeness (QED) is 0.863. The maximum absolute atomic E-state index is 4.38. The van der Waals surface area contributed by atoms with Crippen LogP contribution in [0.4, 0.5) is 0 Å². The van der Waals surface area contributed by atoms with Crippen molar-refractivity contribution in [1.29, 1.82) is 0 Å². The number of hydrogen-bond donors (Lipinski definition) is 1. The van der Waals surface area contributed by atoms with Gasteiger partial charge >= 0.3 is 0 Å². The van der Waals surface area contributed by atoms with E-state index >= 15 is 0 Å². The first-order valence-electron chi connectivity index (χ1n) is 5.42. The first-order chi connectivity index (χ1) is 7.83. The van der Waals surface area contributed by atoms with Crippen LogP contribution in [0.2, 0.25) is 0 Å². The Balaban J connectivity index is 2.25. The molecule has 0 saturated carbocycles. The van der Waals surface area contributed by atoms with Crippen LogP contribution in [0.15, 0.2) is 23.2 Å². The summed E-state index contributed by atoms with van der Waals surface area (Å²) in [7, 11) is 1.96. The normalized spacial score (nSPS) is 12.9. The minimum Gasteiger partial charge on any atom is -0.304 e. The van der Waals surface area contributed by atoms with Gasteiger partial charge in [-0.1, -0.05) is 6.92 Å². The SMILES string of the molecule is CCCNC(c1cscn1)c1ccnn1C. The lowest BCUT2D eigenvalue weighted by Gasteiger charge is -2.16. The Hall–Kier alpha value is -1.20. The zero-order valence-electron chi connectivity index (χ0n) is 9.55. The molecule has 0 radical (unpaired) electrons. The van der Waals surface area contributed by atoms with Crippen LogP contribution >= 0.6 is 11.3 Å². The van der Waals surface area contributed by atoms with Crippen molar-refractivity contribution >= 4 is 11.3 Å². The molecule has 0 bridgehead atoms. The lowest BCUT2D eigenvalue weighted by molar-refractivity contribution is 0.546. The fourth-order valence-electron chi connectivity index (χ4n) is 1.68. The molecule has 1 N–H and O–H groups in total. The predicted octanol–water partition coefficient (Wildman–Crippen LogP) is 1.97. The van der Waals surface area contributed by atoms with Crippen LogP contribution in [0.3, 0.4) is 0 Å². The number of rotatable bonds is 5. The molecule has 16 heavy (non-hydrogen) atoms. The number of hydrogen-bond acceptors (Lipinski definition) is 4.